The van der Waals surface area contributed by atoms with Crippen molar-refractivity contribution in [3.63, 3.8) is 0 Å². The van der Waals surface area contributed by atoms with Gasteiger partial charge in [-0.1, -0.05) is 29.8 Å². The molecule has 2 aromatic carbocycles. The average molecular weight is 443 g/mol. The van der Waals surface area contributed by atoms with Gasteiger partial charge >= 0.3 is 0 Å². The number of hydrogen-bond acceptors (Lipinski definition) is 4. The van der Waals surface area contributed by atoms with Crippen molar-refractivity contribution in [3.05, 3.63) is 89.1 Å². The van der Waals surface area contributed by atoms with Crippen LogP contribution in [0.2, 0.25) is 5.02 Å². The Balaban J connectivity index is 1.73. The van der Waals surface area contributed by atoms with Crippen molar-refractivity contribution < 1.29 is 23.1 Å². The molecule has 3 rings (SSSR count). The number of carbonyl (C=O) groups is 2. The van der Waals surface area contributed by atoms with Gasteiger partial charge < -0.3 is 19.4 Å². The lowest BCUT2D eigenvalue weighted by molar-refractivity contribution is -0.131. The fourth-order valence-electron chi connectivity index (χ4n) is 2.80. The van der Waals surface area contributed by atoms with E-state index in [0.29, 0.717) is 22.8 Å². The van der Waals surface area contributed by atoms with Crippen LogP contribution >= 0.6 is 11.6 Å². The number of ether oxygens (including phenoxy) is 1. The van der Waals surface area contributed by atoms with Crippen molar-refractivity contribution >= 4 is 35.2 Å². The van der Waals surface area contributed by atoms with Gasteiger partial charge in [0.25, 0.3) is 0 Å². The van der Waals surface area contributed by atoms with Crippen molar-refractivity contribution in [2.75, 3.05) is 19.0 Å². The smallest absolute Gasteiger partial charge is 0.247 e. The lowest BCUT2D eigenvalue weighted by Gasteiger charge is -2.20. The zero-order chi connectivity index (χ0) is 22.2. The second-order valence-corrected chi connectivity index (χ2v) is 6.94. The molecule has 0 saturated carbocycles. The predicted molar refractivity (Wildman–Crippen MR) is 116 cm³/mol. The second-order valence-electron chi connectivity index (χ2n) is 6.53. The first-order valence-electron chi connectivity index (χ1n) is 9.33. The topological polar surface area (TPSA) is 71.8 Å². The highest BCUT2D eigenvalue weighted by Gasteiger charge is 2.18. The lowest BCUT2D eigenvalue weighted by atomic mass is 10.2. The van der Waals surface area contributed by atoms with Gasteiger partial charge in [0.15, 0.2) is 0 Å². The summed E-state index contributed by atoms with van der Waals surface area (Å²) in [4.78, 5) is 26.7. The van der Waals surface area contributed by atoms with Crippen LogP contribution in [0.25, 0.3) is 6.08 Å². The Morgan fingerprint density at radius 1 is 1.19 bits per heavy atom. The van der Waals surface area contributed by atoms with Gasteiger partial charge in [0.05, 0.1) is 30.6 Å². The molecule has 8 heteroatoms. The second kappa shape index (κ2) is 10.4. The first-order valence-corrected chi connectivity index (χ1v) is 9.71. The molecule has 1 heterocycles. The highest BCUT2D eigenvalue weighted by molar-refractivity contribution is 6.30. The maximum Gasteiger partial charge on any atom is 0.247 e. The Labute approximate surface area is 183 Å². The molecular weight excluding hydrogens is 423 g/mol. The number of methoxy groups -OCH3 is 1. The maximum atomic E-state index is 13.3. The van der Waals surface area contributed by atoms with E-state index in [1.54, 1.807) is 36.4 Å². The van der Waals surface area contributed by atoms with Crippen LogP contribution in [0.1, 0.15) is 11.3 Å². The van der Waals surface area contributed by atoms with Gasteiger partial charge in [-0.15, -0.1) is 0 Å². The third-order valence-electron chi connectivity index (χ3n) is 4.32. The molecule has 0 atom stereocenters. The summed E-state index contributed by atoms with van der Waals surface area (Å²) < 4.78 is 23.9. The van der Waals surface area contributed by atoms with Crippen LogP contribution in [0.15, 0.2) is 71.4 Å². The van der Waals surface area contributed by atoms with Crippen LogP contribution in [0.3, 0.4) is 0 Å². The van der Waals surface area contributed by atoms with Crippen LogP contribution in [-0.2, 0) is 16.1 Å². The van der Waals surface area contributed by atoms with E-state index in [1.807, 2.05) is 0 Å². The Bertz CT molecular complexity index is 1080. The number of para-hydroxylation sites is 2. The summed E-state index contributed by atoms with van der Waals surface area (Å²) in [7, 11) is 1.50. The Morgan fingerprint density at radius 2 is 2.00 bits per heavy atom. The van der Waals surface area contributed by atoms with Crippen LogP contribution in [0.4, 0.5) is 10.1 Å². The van der Waals surface area contributed by atoms with Gasteiger partial charge in [-0.2, -0.15) is 0 Å². The molecule has 6 nitrogen and oxygen atoms in total. The van der Waals surface area contributed by atoms with Gasteiger partial charge in [-0.3, -0.25) is 9.59 Å². The molecule has 0 bridgehead atoms. The monoisotopic (exact) mass is 442 g/mol. The van der Waals surface area contributed by atoms with Crippen molar-refractivity contribution in [1.82, 2.24) is 4.90 Å². The minimum Gasteiger partial charge on any atom is -0.495 e. The van der Waals surface area contributed by atoms with Gasteiger partial charge in [0.2, 0.25) is 11.8 Å². The first-order chi connectivity index (χ1) is 15.0. The molecule has 0 fully saturated rings. The molecule has 0 aliphatic rings. The van der Waals surface area contributed by atoms with Crippen LogP contribution in [0, 0.1) is 5.82 Å². The zero-order valence-corrected chi connectivity index (χ0v) is 17.4. The van der Waals surface area contributed by atoms with E-state index in [9.17, 15) is 14.0 Å². The third-order valence-corrected chi connectivity index (χ3v) is 4.61. The molecule has 2 amide bonds. The molecule has 0 unspecified atom stereocenters. The van der Waals surface area contributed by atoms with Gasteiger partial charge in [-0.05, 0) is 48.0 Å². The minimum absolute atomic E-state index is 0.0433. The lowest BCUT2D eigenvalue weighted by Crippen LogP contribution is -2.36. The Morgan fingerprint density at radius 3 is 2.71 bits per heavy atom. The van der Waals surface area contributed by atoms with E-state index < -0.39 is 17.6 Å². The van der Waals surface area contributed by atoms with Crippen molar-refractivity contribution in [3.8, 4) is 5.75 Å². The molecule has 0 radical (unpaired) electrons. The number of halogens is 2. The quantitative estimate of drug-likeness (QED) is 0.510. The summed E-state index contributed by atoms with van der Waals surface area (Å²) in [6.45, 7) is -0.119. The van der Waals surface area contributed by atoms with E-state index in [2.05, 4.69) is 5.32 Å². The van der Waals surface area contributed by atoms with Gasteiger partial charge in [0.1, 0.15) is 23.9 Å². The predicted octanol–water partition coefficient (Wildman–Crippen LogP) is 4.76. The molecule has 0 aliphatic heterocycles. The number of amides is 2. The third kappa shape index (κ3) is 6.20. The molecule has 160 valence electrons. The number of benzene rings is 2. The van der Waals surface area contributed by atoms with Crippen LogP contribution in [0.5, 0.6) is 5.75 Å². The zero-order valence-electron chi connectivity index (χ0n) is 16.7. The van der Waals surface area contributed by atoms with Crippen LogP contribution in [-0.4, -0.2) is 30.4 Å². The number of hydrogen-bond donors (Lipinski definition) is 1. The summed E-state index contributed by atoms with van der Waals surface area (Å²) in [5, 5.41) is 2.70. The summed E-state index contributed by atoms with van der Waals surface area (Å²) in [5.41, 5.74) is 1.05. The molecule has 0 aliphatic carbocycles. The number of furan rings is 1. The molecule has 0 saturated heterocycles. The van der Waals surface area contributed by atoms with Crippen molar-refractivity contribution in [2.45, 2.75) is 6.54 Å². The number of rotatable bonds is 8. The van der Waals surface area contributed by atoms with Crippen molar-refractivity contribution in [1.29, 1.82) is 0 Å². The summed E-state index contributed by atoms with van der Waals surface area (Å²) in [6, 6.07) is 14.5. The van der Waals surface area contributed by atoms with Crippen LogP contribution < -0.4 is 10.1 Å². The molecule has 1 aromatic heterocycles. The number of nitrogens with one attached hydrogen (secondary N) is 1. The summed E-state index contributed by atoms with van der Waals surface area (Å²) in [5.74, 6) is -0.336. The van der Waals surface area contributed by atoms with Gasteiger partial charge in [-0.25, -0.2) is 4.39 Å². The van der Waals surface area contributed by atoms with Crippen molar-refractivity contribution in [2.24, 2.45) is 0 Å². The first kappa shape index (κ1) is 22.1. The molecule has 1 N–H and O–H groups in total. The molecule has 0 spiro atoms. The normalized spacial score (nSPS) is 10.8. The number of anilines is 1. The van der Waals surface area contributed by atoms with E-state index in [4.69, 9.17) is 20.8 Å². The summed E-state index contributed by atoms with van der Waals surface area (Å²) >= 11 is 5.78. The Kier molecular flexibility index (Phi) is 7.45. The summed E-state index contributed by atoms with van der Waals surface area (Å²) in [6.07, 6.45) is 4.28. The fourth-order valence-corrected chi connectivity index (χ4v) is 2.99. The number of carbonyl (C=O) groups excluding carboxylic acids is 2. The van der Waals surface area contributed by atoms with E-state index in [0.717, 1.165) is 0 Å². The number of nitrogens with zero attached hydrogens (tertiary/aromatic N) is 1. The fraction of sp³-hybridized carbons (Fsp3) is 0.130. The molecule has 3 aromatic rings. The highest BCUT2D eigenvalue weighted by Crippen LogP contribution is 2.23. The standard InChI is InChI=1S/C23H20ClFN2O4/c1-30-21-7-3-2-6-20(21)26-22(28)15-27(14-17-5-4-12-31-17)23(29)11-9-16-8-10-19(25)18(24)13-16/h2-13H,14-15H2,1H3,(H,26,28). The highest BCUT2D eigenvalue weighted by atomic mass is 35.5. The van der Waals surface area contributed by atoms with E-state index >= 15 is 0 Å². The SMILES string of the molecule is COc1ccccc1NC(=O)CN(Cc1ccco1)C(=O)C=Cc1ccc(F)c(Cl)c1. The van der Waals surface area contributed by atoms with Gasteiger partial charge in [0, 0.05) is 6.08 Å². The largest absolute Gasteiger partial charge is 0.495 e. The maximum absolute atomic E-state index is 13.3. The van der Waals surface area contributed by atoms with E-state index in [1.165, 1.54) is 48.6 Å². The average Bonchev–Trinajstić information content (AvgIpc) is 3.27. The molecular formula is C23H20ClFN2O4. The Hall–Kier alpha value is -3.58. The minimum atomic E-state index is -0.544. The van der Waals surface area contributed by atoms with E-state index in [-0.39, 0.29) is 18.1 Å². The molecule has 31 heavy (non-hydrogen) atoms.